The third-order valence-corrected chi connectivity index (χ3v) is 4.35. The highest BCUT2D eigenvalue weighted by atomic mass is 32.2. The van der Waals surface area contributed by atoms with E-state index in [-0.39, 0.29) is 17.1 Å². The summed E-state index contributed by atoms with van der Waals surface area (Å²) in [4.78, 5) is 23.3. The molecule has 4 nitrogen and oxygen atoms in total. The van der Waals surface area contributed by atoms with E-state index >= 15 is 0 Å². The quantitative estimate of drug-likeness (QED) is 0.419. The van der Waals surface area contributed by atoms with E-state index in [9.17, 15) is 9.59 Å². The molecule has 0 saturated heterocycles. The van der Waals surface area contributed by atoms with Crippen molar-refractivity contribution in [2.45, 2.75) is 38.9 Å². The second kappa shape index (κ2) is 10.9. The van der Waals surface area contributed by atoms with E-state index in [1.165, 1.54) is 6.08 Å². The maximum Gasteiger partial charge on any atom is 0.330 e. The monoisotopic (exact) mass is 335 g/mol. The van der Waals surface area contributed by atoms with Crippen LogP contribution in [0.3, 0.4) is 0 Å². The van der Waals surface area contributed by atoms with Gasteiger partial charge in [0.25, 0.3) is 0 Å². The number of hydrogen-bond acceptors (Lipinski definition) is 4. The van der Waals surface area contributed by atoms with Gasteiger partial charge in [0, 0.05) is 11.8 Å². The summed E-state index contributed by atoms with van der Waals surface area (Å²) in [6.07, 6.45) is 5.35. The van der Waals surface area contributed by atoms with Crippen LogP contribution in [0, 0.1) is 0 Å². The van der Waals surface area contributed by atoms with E-state index in [2.05, 4.69) is 12.2 Å². The van der Waals surface area contributed by atoms with Crippen LogP contribution in [0.15, 0.2) is 30.3 Å². The van der Waals surface area contributed by atoms with Gasteiger partial charge in [0.1, 0.15) is 0 Å². The number of ether oxygens (including phenoxy) is 1. The molecule has 1 unspecified atom stereocenters. The Balaban J connectivity index is 2.50. The molecule has 0 heterocycles. The average Bonchev–Trinajstić information content (AvgIpc) is 2.54. The van der Waals surface area contributed by atoms with Gasteiger partial charge in [-0.25, -0.2) is 4.79 Å². The van der Waals surface area contributed by atoms with E-state index in [0.29, 0.717) is 6.61 Å². The molecular formula is C18H25NO3S. The summed E-state index contributed by atoms with van der Waals surface area (Å²) in [6, 6.07) is 7.35. The Hall–Kier alpha value is -1.75. The molecule has 1 aromatic carbocycles. The van der Waals surface area contributed by atoms with E-state index in [1.807, 2.05) is 31.2 Å². The summed E-state index contributed by atoms with van der Waals surface area (Å²) in [7, 11) is 0. The lowest BCUT2D eigenvalue weighted by Crippen LogP contribution is -2.22. The zero-order valence-corrected chi connectivity index (χ0v) is 14.8. The van der Waals surface area contributed by atoms with Crippen LogP contribution in [0.25, 0.3) is 6.08 Å². The Kier molecular flexibility index (Phi) is 9.14. The molecule has 0 aliphatic rings. The van der Waals surface area contributed by atoms with Crippen LogP contribution in [-0.2, 0) is 14.3 Å². The molecule has 0 spiro atoms. The fraction of sp³-hybridized carbons (Fsp3) is 0.444. The molecule has 0 radical (unpaired) electrons. The highest BCUT2D eigenvalue weighted by Gasteiger charge is 2.12. The number of carbonyl (C=O) groups excluding carboxylic acids is 2. The molecule has 1 amide bonds. The van der Waals surface area contributed by atoms with Crippen molar-refractivity contribution in [2.24, 2.45) is 0 Å². The standard InChI is InChI=1S/C18H25NO3S/c1-4-6-13-23-14(3)18(21)19-16-10-7-15(8-11-16)9-12-17(20)22-5-2/h7-12,14H,4-6,13H2,1-3H3,(H,19,21)/b12-9+. The van der Waals surface area contributed by atoms with Crippen molar-refractivity contribution in [2.75, 3.05) is 17.7 Å². The van der Waals surface area contributed by atoms with Crippen molar-refractivity contribution in [1.29, 1.82) is 0 Å². The average molecular weight is 335 g/mol. The van der Waals surface area contributed by atoms with Gasteiger partial charge in [-0.3, -0.25) is 4.79 Å². The number of benzene rings is 1. The Morgan fingerprint density at radius 3 is 2.57 bits per heavy atom. The largest absolute Gasteiger partial charge is 0.463 e. The maximum atomic E-state index is 12.1. The molecule has 0 fully saturated rings. The summed E-state index contributed by atoms with van der Waals surface area (Å²) in [5.41, 5.74) is 1.63. The summed E-state index contributed by atoms with van der Waals surface area (Å²) in [5, 5.41) is 2.84. The number of esters is 1. The molecule has 0 aromatic heterocycles. The smallest absolute Gasteiger partial charge is 0.330 e. The third kappa shape index (κ3) is 7.88. The predicted octanol–water partition coefficient (Wildman–Crippen LogP) is 4.12. The number of unbranched alkanes of at least 4 members (excludes halogenated alkanes) is 1. The number of anilines is 1. The van der Waals surface area contributed by atoms with Gasteiger partial charge >= 0.3 is 5.97 Å². The molecule has 0 saturated carbocycles. The van der Waals surface area contributed by atoms with Crippen LogP contribution in [-0.4, -0.2) is 29.5 Å². The zero-order valence-electron chi connectivity index (χ0n) is 14.0. The van der Waals surface area contributed by atoms with Crippen molar-refractivity contribution >= 4 is 35.4 Å². The first-order valence-corrected chi connectivity index (χ1v) is 8.99. The van der Waals surface area contributed by atoms with Gasteiger partial charge in [0.05, 0.1) is 11.9 Å². The maximum absolute atomic E-state index is 12.1. The van der Waals surface area contributed by atoms with Crippen LogP contribution < -0.4 is 5.32 Å². The van der Waals surface area contributed by atoms with Gasteiger partial charge in [-0.05, 0) is 49.8 Å². The zero-order chi connectivity index (χ0) is 17.1. The lowest BCUT2D eigenvalue weighted by Gasteiger charge is -2.11. The van der Waals surface area contributed by atoms with Gasteiger partial charge in [0.2, 0.25) is 5.91 Å². The van der Waals surface area contributed by atoms with Gasteiger partial charge in [0.15, 0.2) is 0 Å². The minimum absolute atomic E-state index is 0.0147. The topological polar surface area (TPSA) is 55.4 Å². The Labute approximate surface area is 142 Å². The van der Waals surface area contributed by atoms with Gasteiger partial charge in [-0.2, -0.15) is 0 Å². The van der Waals surface area contributed by atoms with Crippen molar-refractivity contribution in [3.63, 3.8) is 0 Å². The molecule has 1 rings (SSSR count). The number of thioether (sulfide) groups is 1. The molecule has 1 atom stereocenters. The predicted molar refractivity (Wildman–Crippen MR) is 97.6 cm³/mol. The molecule has 0 aliphatic heterocycles. The number of nitrogens with one attached hydrogen (secondary N) is 1. The first kappa shape index (κ1) is 19.3. The molecule has 0 bridgehead atoms. The fourth-order valence-electron chi connectivity index (χ4n) is 1.76. The Morgan fingerprint density at radius 2 is 1.96 bits per heavy atom. The summed E-state index contributed by atoms with van der Waals surface area (Å²) < 4.78 is 4.82. The Morgan fingerprint density at radius 1 is 1.26 bits per heavy atom. The summed E-state index contributed by atoms with van der Waals surface area (Å²) in [5.74, 6) is 0.659. The van der Waals surface area contributed by atoms with Crippen molar-refractivity contribution in [3.8, 4) is 0 Å². The number of hydrogen-bond donors (Lipinski definition) is 1. The highest BCUT2D eigenvalue weighted by Crippen LogP contribution is 2.16. The number of rotatable bonds is 9. The van der Waals surface area contributed by atoms with Gasteiger partial charge in [-0.15, -0.1) is 11.8 Å². The fourth-order valence-corrected chi connectivity index (χ4v) is 2.78. The molecule has 5 heteroatoms. The van der Waals surface area contributed by atoms with Crippen LogP contribution >= 0.6 is 11.8 Å². The lowest BCUT2D eigenvalue weighted by atomic mass is 10.2. The molecular weight excluding hydrogens is 310 g/mol. The van der Waals surface area contributed by atoms with E-state index in [0.717, 1.165) is 29.8 Å². The lowest BCUT2D eigenvalue weighted by molar-refractivity contribution is -0.137. The van der Waals surface area contributed by atoms with Crippen molar-refractivity contribution in [1.82, 2.24) is 0 Å². The third-order valence-electron chi connectivity index (χ3n) is 3.11. The van der Waals surface area contributed by atoms with Crippen LogP contribution in [0.5, 0.6) is 0 Å². The Bertz CT molecular complexity index is 526. The van der Waals surface area contributed by atoms with Crippen LogP contribution in [0.2, 0.25) is 0 Å². The number of amides is 1. The highest BCUT2D eigenvalue weighted by molar-refractivity contribution is 8.00. The van der Waals surface area contributed by atoms with E-state index in [4.69, 9.17) is 4.74 Å². The summed E-state index contributed by atoms with van der Waals surface area (Å²) in [6.45, 7) is 6.20. The van der Waals surface area contributed by atoms with E-state index in [1.54, 1.807) is 24.8 Å². The number of carbonyl (C=O) groups is 2. The van der Waals surface area contributed by atoms with Crippen LogP contribution in [0.1, 0.15) is 39.2 Å². The normalized spacial score (nSPS) is 12.1. The first-order valence-electron chi connectivity index (χ1n) is 7.94. The molecule has 0 aliphatic carbocycles. The van der Waals surface area contributed by atoms with E-state index < -0.39 is 0 Å². The minimum atomic E-state index is -0.359. The first-order chi connectivity index (χ1) is 11.1. The van der Waals surface area contributed by atoms with Crippen molar-refractivity contribution < 1.29 is 14.3 Å². The second-order valence-electron chi connectivity index (χ2n) is 5.06. The molecule has 126 valence electrons. The minimum Gasteiger partial charge on any atom is -0.463 e. The summed E-state index contributed by atoms with van der Waals surface area (Å²) >= 11 is 1.67. The van der Waals surface area contributed by atoms with Gasteiger partial charge in [-0.1, -0.05) is 25.5 Å². The molecule has 1 N–H and O–H groups in total. The van der Waals surface area contributed by atoms with Crippen LogP contribution in [0.4, 0.5) is 5.69 Å². The van der Waals surface area contributed by atoms with Gasteiger partial charge < -0.3 is 10.1 Å². The SMILES string of the molecule is CCCCSC(C)C(=O)Nc1ccc(/C=C/C(=O)OCC)cc1. The van der Waals surface area contributed by atoms with Crippen molar-refractivity contribution in [3.05, 3.63) is 35.9 Å². The molecule has 23 heavy (non-hydrogen) atoms. The molecule has 1 aromatic rings. The second-order valence-corrected chi connectivity index (χ2v) is 6.51.